The summed E-state index contributed by atoms with van der Waals surface area (Å²) < 4.78 is 13.1. The number of benzene rings is 2. The van der Waals surface area contributed by atoms with Crippen molar-refractivity contribution < 1.29 is 9.18 Å². The fourth-order valence-electron chi connectivity index (χ4n) is 1.68. The van der Waals surface area contributed by atoms with Crippen LogP contribution in [0.25, 0.3) is 0 Å². The molecule has 0 heterocycles. The van der Waals surface area contributed by atoms with Gasteiger partial charge in [-0.2, -0.15) is 5.26 Å². The van der Waals surface area contributed by atoms with Crippen molar-refractivity contribution in [1.82, 2.24) is 0 Å². The third-order valence-corrected chi connectivity index (χ3v) is 2.62. The molecular weight excluding hydrogens is 243 g/mol. The number of halogens is 1. The molecule has 19 heavy (non-hydrogen) atoms. The lowest BCUT2D eigenvalue weighted by atomic mass is 10.1. The van der Waals surface area contributed by atoms with Gasteiger partial charge in [-0.15, -0.1) is 0 Å². The summed E-state index contributed by atoms with van der Waals surface area (Å²) in [5, 5.41) is 11.4. The van der Waals surface area contributed by atoms with E-state index in [4.69, 9.17) is 5.26 Å². The Bertz CT molecular complexity index is 674. The summed E-state index contributed by atoms with van der Waals surface area (Å²) in [7, 11) is 0. The molecule has 0 spiro atoms. The Kier molecular flexibility index (Phi) is 3.58. The summed E-state index contributed by atoms with van der Waals surface area (Å²) in [5.41, 5.74) is 1.79. The third-order valence-electron chi connectivity index (χ3n) is 2.62. The first kappa shape index (κ1) is 12.8. The average Bonchev–Trinajstić information content (AvgIpc) is 2.41. The normalized spacial score (nSPS) is 9.74. The zero-order valence-corrected chi connectivity index (χ0v) is 10.3. The van der Waals surface area contributed by atoms with Crippen LogP contribution < -0.4 is 5.32 Å². The number of aryl methyl sites for hydroxylation is 1. The molecule has 0 saturated heterocycles. The van der Waals surface area contributed by atoms with Gasteiger partial charge in [0.25, 0.3) is 5.91 Å². The highest BCUT2D eigenvalue weighted by Crippen LogP contribution is 2.15. The zero-order chi connectivity index (χ0) is 13.8. The topological polar surface area (TPSA) is 52.9 Å². The van der Waals surface area contributed by atoms with Crippen molar-refractivity contribution in [2.24, 2.45) is 0 Å². The van der Waals surface area contributed by atoms with Crippen LogP contribution in [0, 0.1) is 24.1 Å². The first-order valence-corrected chi connectivity index (χ1v) is 5.68. The number of hydrogen-bond donors (Lipinski definition) is 1. The van der Waals surface area contributed by atoms with Crippen molar-refractivity contribution in [1.29, 1.82) is 5.26 Å². The SMILES string of the molecule is Cc1cccc(C(=O)Nc2ccc(F)c(C#N)c2)c1. The highest BCUT2D eigenvalue weighted by atomic mass is 19.1. The lowest BCUT2D eigenvalue weighted by Gasteiger charge is -2.06. The lowest BCUT2D eigenvalue weighted by molar-refractivity contribution is 0.102. The van der Waals surface area contributed by atoms with Gasteiger partial charge in [0.15, 0.2) is 0 Å². The largest absolute Gasteiger partial charge is 0.322 e. The Labute approximate surface area is 110 Å². The Morgan fingerprint density at radius 3 is 2.74 bits per heavy atom. The maximum absolute atomic E-state index is 13.1. The van der Waals surface area contributed by atoms with Crippen LogP contribution in [0.1, 0.15) is 21.5 Å². The molecule has 0 bridgehead atoms. The molecule has 94 valence electrons. The Hall–Kier alpha value is -2.67. The highest BCUT2D eigenvalue weighted by molar-refractivity contribution is 6.04. The number of amides is 1. The second kappa shape index (κ2) is 5.32. The molecule has 0 unspecified atom stereocenters. The van der Waals surface area contributed by atoms with E-state index in [1.807, 2.05) is 13.0 Å². The van der Waals surface area contributed by atoms with Crippen LogP contribution in [-0.4, -0.2) is 5.91 Å². The quantitative estimate of drug-likeness (QED) is 0.894. The van der Waals surface area contributed by atoms with Gasteiger partial charge in [-0.3, -0.25) is 4.79 Å². The fourth-order valence-corrected chi connectivity index (χ4v) is 1.68. The molecule has 0 aliphatic heterocycles. The van der Waals surface area contributed by atoms with E-state index < -0.39 is 5.82 Å². The Morgan fingerprint density at radius 1 is 1.26 bits per heavy atom. The van der Waals surface area contributed by atoms with E-state index in [9.17, 15) is 9.18 Å². The molecule has 2 aromatic carbocycles. The van der Waals surface area contributed by atoms with Gasteiger partial charge in [-0.1, -0.05) is 17.7 Å². The molecule has 2 aromatic rings. The minimum absolute atomic E-state index is 0.0953. The monoisotopic (exact) mass is 254 g/mol. The summed E-state index contributed by atoms with van der Waals surface area (Å²) in [4.78, 5) is 12.0. The summed E-state index contributed by atoms with van der Waals surface area (Å²) in [5.74, 6) is -0.893. The predicted molar refractivity (Wildman–Crippen MR) is 70.2 cm³/mol. The Balaban J connectivity index is 2.22. The second-order valence-electron chi connectivity index (χ2n) is 4.13. The van der Waals surface area contributed by atoms with Crippen molar-refractivity contribution in [3.8, 4) is 6.07 Å². The minimum atomic E-state index is -0.601. The molecule has 1 N–H and O–H groups in total. The number of carbonyl (C=O) groups excluding carboxylic acids is 1. The minimum Gasteiger partial charge on any atom is -0.322 e. The van der Waals surface area contributed by atoms with Crippen LogP contribution >= 0.6 is 0 Å². The van der Waals surface area contributed by atoms with Gasteiger partial charge in [0.05, 0.1) is 5.56 Å². The number of anilines is 1. The molecule has 0 radical (unpaired) electrons. The zero-order valence-electron chi connectivity index (χ0n) is 10.3. The molecule has 0 aliphatic carbocycles. The van der Waals surface area contributed by atoms with E-state index in [2.05, 4.69) is 5.32 Å². The van der Waals surface area contributed by atoms with Gasteiger partial charge in [0, 0.05) is 11.3 Å². The molecule has 3 nitrogen and oxygen atoms in total. The average molecular weight is 254 g/mol. The summed E-state index contributed by atoms with van der Waals surface area (Å²) >= 11 is 0. The van der Waals surface area contributed by atoms with Crippen molar-refractivity contribution in [2.45, 2.75) is 6.92 Å². The van der Waals surface area contributed by atoms with E-state index >= 15 is 0 Å². The molecule has 0 saturated carbocycles. The number of carbonyl (C=O) groups is 1. The van der Waals surface area contributed by atoms with Gasteiger partial charge >= 0.3 is 0 Å². The van der Waals surface area contributed by atoms with Gasteiger partial charge < -0.3 is 5.32 Å². The van der Waals surface area contributed by atoms with Crippen LogP contribution in [-0.2, 0) is 0 Å². The van der Waals surface area contributed by atoms with Crippen molar-refractivity contribution in [3.63, 3.8) is 0 Å². The first-order valence-electron chi connectivity index (χ1n) is 5.68. The molecule has 0 fully saturated rings. The Morgan fingerprint density at radius 2 is 2.05 bits per heavy atom. The van der Waals surface area contributed by atoms with E-state index in [-0.39, 0.29) is 11.5 Å². The van der Waals surface area contributed by atoms with E-state index in [1.165, 1.54) is 12.1 Å². The number of nitrogens with zero attached hydrogens (tertiary/aromatic N) is 1. The van der Waals surface area contributed by atoms with E-state index in [0.717, 1.165) is 11.6 Å². The predicted octanol–water partition coefficient (Wildman–Crippen LogP) is 3.26. The van der Waals surface area contributed by atoms with Gasteiger partial charge in [-0.05, 0) is 37.3 Å². The summed E-state index contributed by atoms with van der Waals surface area (Å²) in [6, 6.07) is 12.7. The number of hydrogen-bond acceptors (Lipinski definition) is 2. The second-order valence-corrected chi connectivity index (χ2v) is 4.13. The number of nitriles is 1. The molecule has 0 aliphatic rings. The summed E-state index contributed by atoms with van der Waals surface area (Å²) in [6.45, 7) is 1.89. The van der Waals surface area contributed by atoms with Crippen LogP contribution in [0.5, 0.6) is 0 Å². The van der Waals surface area contributed by atoms with Crippen molar-refractivity contribution >= 4 is 11.6 Å². The molecule has 0 aromatic heterocycles. The van der Waals surface area contributed by atoms with Crippen LogP contribution in [0.2, 0.25) is 0 Å². The van der Waals surface area contributed by atoms with Crippen molar-refractivity contribution in [3.05, 3.63) is 65.0 Å². The summed E-state index contributed by atoms with van der Waals surface area (Å²) in [6.07, 6.45) is 0. The highest BCUT2D eigenvalue weighted by Gasteiger charge is 2.08. The standard InChI is InChI=1S/C15H11FN2O/c1-10-3-2-4-11(7-10)15(19)18-13-5-6-14(16)12(8-13)9-17/h2-8H,1H3,(H,18,19). The van der Waals surface area contributed by atoms with Crippen molar-refractivity contribution in [2.75, 3.05) is 5.32 Å². The smallest absolute Gasteiger partial charge is 0.255 e. The number of rotatable bonds is 2. The van der Waals surface area contributed by atoms with Gasteiger partial charge in [0.2, 0.25) is 0 Å². The first-order chi connectivity index (χ1) is 9.10. The lowest BCUT2D eigenvalue weighted by Crippen LogP contribution is -2.12. The van der Waals surface area contributed by atoms with Crippen LogP contribution in [0.15, 0.2) is 42.5 Å². The van der Waals surface area contributed by atoms with Crippen LogP contribution in [0.3, 0.4) is 0 Å². The molecular formula is C15H11FN2O. The van der Waals surface area contributed by atoms with Gasteiger partial charge in [-0.25, -0.2) is 4.39 Å². The maximum atomic E-state index is 13.1. The van der Waals surface area contributed by atoms with E-state index in [0.29, 0.717) is 11.3 Å². The maximum Gasteiger partial charge on any atom is 0.255 e. The van der Waals surface area contributed by atoms with Crippen LogP contribution in [0.4, 0.5) is 10.1 Å². The molecule has 4 heteroatoms. The number of nitrogens with one attached hydrogen (secondary N) is 1. The molecule has 2 rings (SSSR count). The fraction of sp³-hybridized carbons (Fsp3) is 0.0667. The third kappa shape index (κ3) is 2.96. The van der Waals surface area contributed by atoms with Gasteiger partial charge in [0.1, 0.15) is 11.9 Å². The molecule has 1 amide bonds. The van der Waals surface area contributed by atoms with E-state index in [1.54, 1.807) is 24.3 Å². The molecule has 0 atom stereocenters.